The lowest BCUT2D eigenvalue weighted by atomic mass is 9.97. The minimum Gasteiger partial charge on any atom is -0.327 e. The monoisotopic (exact) mass is 295 g/mol. The summed E-state index contributed by atoms with van der Waals surface area (Å²) in [4.78, 5) is 14.2. The van der Waals surface area contributed by atoms with Gasteiger partial charge in [0.15, 0.2) is 0 Å². The highest BCUT2D eigenvalue weighted by Crippen LogP contribution is 2.20. The average molecular weight is 296 g/mol. The Morgan fingerprint density at radius 1 is 1.50 bits per heavy atom. The van der Waals surface area contributed by atoms with E-state index in [1.807, 2.05) is 19.1 Å². The Morgan fingerprint density at radius 3 is 2.95 bits per heavy atom. The van der Waals surface area contributed by atoms with Crippen LogP contribution in [0.5, 0.6) is 0 Å². The van der Waals surface area contributed by atoms with E-state index in [1.165, 1.54) is 0 Å². The fourth-order valence-corrected chi connectivity index (χ4v) is 2.94. The third-order valence-electron chi connectivity index (χ3n) is 3.61. The molecule has 110 valence electrons. The Bertz CT molecular complexity index is 482. The molecule has 0 aliphatic carbocycles. The van der Waals surface area contributed by atoms with Crippen LogP contribution in [0.2, 0.25) is 5.02 Å². The van der Waals surface area contributed by atoms with Crippen molar-refractivity contribution < 1.29 is 4.79 Å². The second-order valence-electron chi connectivity index (χ2n) is 5.80. The Balaban J connectivity index is 1.93. The molecule has 0 saturated carbocycles. The van der Waals surface area contributed by atoms with Gasteiger partial charge in [-0.05, 0) is 37.0 Å². The van der Waals surface area contributed by atoms with E-state index in [2.05, 4.69) is 17.1 Å². The summed E-state index contributed by atoms with van der Waals surface area (Å²) in [6.07, 6.45) is 1.03. The van der Waals surface area contributed by atoms with Crippen LogP contribution in [0.1, 0.15) is 18.9 Å². The number of aryl methyl sites for hydroxylation is 1. The third-order valence-corrected chi connectivity index (χ3v) is 3.84. The maximum absolute atomic E-state index is 12.1. The van der Waals surface area contributed by atoms with E-state index in [1.54, 1.807) is 6.07 Å². The van der Waals surface area contributed by atoms with Crippen LogP contribution >= 0.6 is 11.6 Å². The molecular weight excluding hydrogens is 274 g/mol. The molecule has 5 heteroatoms. The molecule has 1 aliphatic heterocycles. The number of nitrogens with zero attached hydrogens (tertiary/aromatic N) is 1. The van der Waals surface area contributed by atoms with E-state index in [-0.39, 0.29) is 11.9 Å². The van der Waals surface area contributed by atoms with Gasteiger partial charge < -0.3 is 11.1 Å². The lowest BCUT2D eigenvalue weighted by molar-refractivity contribution is -0.117. The fourth-order valence-electron chi connectivity index (χ4n) is 2.76. The number of halogens is 1. The molecule has 1 heterocycles. The van der Waals surface area contributed by atoms with Crippen molar-refractivity contribution in [1.82, 2.24) is 4.90 Å². The number of benzene rings is 1. The average Bonchev–Trinajstić information content (AvgIpc) is 2.32. The third kappa shape index (κ3) is 4.20. The molecule has 2 unspecified atom stereocenters. The summed E-state index contributed by atoms with van der Waals surface area (Å²) >= 11 is 5.95. The zero-order valence-corrected chi connectivity index (χ0v) is 12.8. The van der Waals surface area contributed by atoms with Crippen LogP contribution < -0.4 is 11.1 Å². The second kappa shape index (κ2) is 6.57. The molecule has 4 nitrogen and oxygen atoms in total. The normalized spacial score (nSPS) is 23.6. The zero-order chi connectivity index (χ0) is 14.7. The van der Waals surface area contributed by atoms with Crippen LogP contribution in [-0.2, 0) is 4.79 Å². The SMILES string of the molecule is Cc1ccc(Cl)cc1NC(=O)CN1CC(C)CC(N)C1. The summed E-state index contributed by atoms with van der Waals surface area (Å²) in [5.41, 5.74) is 7.78. The van der Waals surface area contributed by atoms with Crippen molar-refractivity contribution in [2.45, 2.75) is 26.3 Å². The largest absolute Gasteiger partial charge is 0.327 e. The van der Waals surface area contributed by atoms with Crippen LogP contribution in [0.15, 0.2) is 18.2 Å². The first-order chi connectivity index (χ1) is 9.44. The van der Waals surface area contributed by atoms with E-state index in [4.69, 9.17) is 17.3 Å². The first-order valence-electron chi connectivity index (χ1n) is 6.98. The molecule has 1 saturated heterocycles. The van der Waals surface area contributed by atoms with Crippen molar-refractivity contribution in [2.75, 3.05) is 25.0 Å². The van der Waals surface area contributed by atoms with Crippen molar-refractivity contribution in [2.24, 2.45) is 11.7 Å². The molecular formula is C15H22ClN3O. The number of hydrogen-bond donors (Lipinski definition) is 2. The highest BCUT2D eigenvalue weighted by molar-refractivity contribution is 6.31. The summed E-state index contributed by atoms with van der Waals surface area (Å²) in [6.45, 7) is 6.21. The Hall–Kier alpha value is -1.10. The lowest BCUT2D eigenvalue weighted by Gasteiger charge is -2.34. The van der Waals surface area contributed by atoms with Crippen LogP contribution in [0, 0.1) is 12.8 Å². The second-order valence-corrected chi connectivity index (χ2v) is 6.24. The molecule has 1 aromatic carbocycles. The number of amides is 1. The molecule has 1 aliphatic rings. The van der Waals surface area contributed by atoms with Crippen molar-refractivity contribution in [1.29, 1.82) is 0 Å². The number of anilines is 1. The van der Waals surface area contributed by atoms with Gasteiger partial charge in [-0.1, -0.05) is 24.6 Å². The zero-order valence-electron chi connectivity index (χ0n) is 12.0. The first-order valence-corrected chi connectivity index (χ1v) is 7.36. The summed E-state index contributed by atoms with van der Waals surface area (Å²) in [5.74, 6) is 0.524. The van der Waals surface area contributed by atoms with Gasteiger partial charge in [-0.3, -0.25) is 9.69 Å². The summed E-state index contributed by atoms with van der Waals surface area (Å²) < 4.78 is 0. The van der Waals surface area contributed by atoms with E-state index < -0.39 is 0 Å². The highest BCUT2D eigenvalue weighted by atomic mass is 35.5. The van der Waals surface area contributed by atoms with Gasteiger partial charge in [0.25, 0.3) is 0 Å². The molecule has 1 aromatic rings. The van der Waals surface area contributed by atoms with Gasteiger partial charge in [0, 0.05) is 29.8 Å². The molecule has 2 atom stereocenters. The number of nitrogens with two attached hydrogens (primary N) is 1. The molecule has 2 rings (SSSR count). The van der Waals surface area contributed by atoms with E-state index in [0.717, 1.165) is 30.8 Å². The number of carbonyl (C=O) groups is 1. The van der Waals surface area contributed by atoms with E-state index in [0.29, 0.717) is 17.5 Å². The molecule has 0 bridgehead atoms. The standard InChI is InChI=1S/C15H22ClN3O/c1-10-5-13(17)8-19(7-10)9-15(20)18-14-6-12(16)4-3-11(14)2/h3-4,6,10,13H,5,7-9,17H2,1-2H3,(H,18,20). The molecule has 3 N–H and O–H groups in total. The van der Waals surface area contributed by atoms with Crippen molar-refractivity contribution in [3.63, 3.8) is 0 Å². The van der Waals surface area contributed by atoms with Gasteiger partial charge in [-0.2, -0.15) is 0 Å². The lowest BCUT2D eigenvalue weighted by Crippen LogP contribution is -2.48. The maximum Gasteiger partial charge on any atom is 0.238 e. The molecule has 20 heavy (non-hydrogen) atoms. The fraction of sp³-hybridized carbons (Fsp3) is 0.533. The molecule has 0 spiro atoms. The van der Waals surface area contributed by atoms with Gasteiger partial charge in [-0.25, -0.2) is 0 Å². The predicted octanol–water partition coefficient (Wildman–Crippen LogP) is 2.26. The molecule has 1 amide bonds. The van der Waals surface area contributed by atoms with Gasteiger partial charge in [0.1, 0.15) is 0 Å². The summed E-state index contributed by atoms with van der Waals surface area (Å²) in [7, 11) is 0. The van der Waals surface area contributed by atoms with Crippen LogP contribution in [0.4, 0.5) is 5.69 Å². The van der Waals surface area contributed by atoms with Crippen molar-refractivity contribution in [3.05, 3.63) is 28.8 Å². The quantitative estimate of drug-likeness (QED) is 0.899. The minimum atomic E-state index is -0.0170. The van der Waals surface area contributed by atoms with Crippen LogP contribution in [0.3, 0.4) is 0 Å². The van der Waals surface area contributed by atoms with Crippen molar-refractivity contribution in [3.8, 4) is 0 Å². The van der Waals surface area contributed by atoms with Gasteiger partial charge in [0.2, 0.25) is 5.91 Å². The maximum atomic E-state index is 12.1. The molecule has 1 fully saturated rings. The number of carbonyl (C=O) groups excluding carboxylic acids is 1. The highest BCUT2D eigenvalue weighted by Gasteiger charge is 2.23. The minimum absolute atomic E-state index is 0.0170. The number of piperidine rings is 1. The number of rotatable bonds is 3. The van der Waals surface area contributed by atoms with E-state index in [9.17, 15) is 4.79 Å². The van der Waals surface area contributed by atoms with Gasteiger partial charge in [0.05, 0.1) is 6.54 Å². The van der Waals surface area contributed by atoms with Gasteiger partial charge in [-0.15, -0.1) is 0 Å². The van der Waals surface area contributed by atoms with Crippen LogP contribution in [0.25, 0.3) is 0 Å². The number of nitrogens with one attached hydrogen (secondary N) is 1. The smallest absolute Gasteiger partial charge is 0.238 e. The predicted molar refractivity (Wildman–Crippen MR) is 83.0 cm³/mol. The van der Waals surface area contributed by atoms with Crippen molar-refractivity contribution >= 4 is 23.2 Å². The molecule has 0 radical (unpaired) electrons. The Kier molecular flexibility index (Phi) is 5.02. The Labute approximate surface area is 125 Å². The summed E-state index contributed by atoms with van der Waals surface area (Å²) in [5, 5.41) is 3.55. The Morgan fingerprint density at radius 2 is 2.25 bits per heavy atom. The van der Waals surface area contributed by atoms with Gasteiger partial charge >= 0.3 is 0 Å². The van der Waals surface area contributed by atoms with E-state index >= 15 is 0 Å². The number of hydrogen-bond acceptors (Lipinski definition) is 3. The first kappa shape index (κ1) is 15.3. The molecule has 0 aromatic heterocycles. The van der Waals surface area contributed by atoms with Crippen LogP contribution in [-0.4, -0.2) is 36.5 Å². The summed E-state index contributed by atoms with van der Waals surface area (Å²) in [6, 6.07) is 5.66. The topological polar surface area (TPSA) is 58.4 Å². The number of likely N-dealkylation sites (tertiary alicyclic amines) is 1.